The molecule has 56 valence electrons. The fraction of sp³-hybridized carbons (Fsp3) is 1.00. The molecule has 9 heavy (non-hydrogen) atoms. The molecule has 0 saturated carbocycles. The van der Waals surface area contributed by atoms with Gasteiger partial charge in [-0.1, -0.05) is 6.92 Å². The summed E-state index contributed by atoms with van der Waals surface area (Å²) >= 11 is 0. The van der Waals surface area contributed by atoms with Crippen LogP contribution in [0.4, 0.5) is 0 Å². The molecule has 0 amide bonds. The molecule has 4 heteroatoms. The van der Waals surface area contributed by atoms with Gasteiger partial charge in [0.1, 0.15) is 5.72 Å². The summed E-state index contributed by atoms with van der Waals surface area (Å²) in [5.74, 6) is 0. The van der Waals surface area contributed by atoms with E-state index in [1.807, 2.05) is 6.92 Å². The molecule has 0 radical (unpaired) electrons. The molecule has 0 heterocycles. The summed E-state index contributed by atoms with van der Waals surface area (Å²) in [6, 6.07) is 0. The highest BCUT2D eigenvalue weighted by Crippen LogP contribution is 2.06. The molecule has 0 bridgehead atoms. The van der Waals surface area contributed by atoms with Gasteiger partial charge in [0.15, 0.2) is 0 Å². The summed E-state index contributed by atoms with van der Waals surface area (Å²) in [5.41, 5.74) is 4.63. The van der Waals surface area contributed by atoms with E-state index in [-0.39, 0.29) is 0 Å². The molecule has 0 aliphatic carbocycles. The Labute approximate surface area is 55.1 Å². The van der Waals surface area contributed by atoms with Gasteiger partial charge in [-0.05, 0) is 20.4 Å². The lowest BCUT2D eigenvalue weighted by Crippen LogP contribution is -2.42. The van der Waals surface area contributed by atoms with E-state index in [0.717, 1.165) is 0 Å². The van der Waals surface area contributed by atoms with Gasteiger partial charge >= 0.3 is 0 Å². The van der Waals surface area contributed by atoms with Crippen LogP contribution < -0.4 is 5.73 Å². The Bertz CT molecular complexity index is 83.0. The monoisotopic (exact) mass is 133 g/mol. The standard InChI is InChI=1S/C5H13N2O2/c1-4-5(2,6)9-7(3)8/h4,6H2,1-3H3/q-1. The predicted octanol–water partition coefficient (Wildman–Crippen LogP) is 0.433. The predicted molar refractivity (Wildman–Crippen MR) is 35.1 cm³/mol. The second-order valence-electron chi connectivity index (χ2n) is 2.20. The zero-order valence-corrected chi connectivity index (χ0v) is 6.05. The maximum atomic E-state index is 10.2. The minimum absolute atomic E-state index is 0.365. The number of hydroxylamine groups is 2. The second-order valence-corrected chi connectivity index (χ2v) is 2.20. The topological polar surface area (TPSA) is 61.5 Å². The molecule has 0 aliphatic heterocycles. The summed E-state index contributed by atoms with van der Waals surface area (Å²) in [6.07, 6.45) is 0.611. The first-order valence-corrected chi connectivity index (χ1v) is 2.87. The van der Waals surface area contributed by atoms with Gasteiger partial charge in [-0.25, -0.2) is 0 Å². The molecule has 0 rings (SSSR count). The van der Waals surface area contributed by atoms with Crippen LogP contribution in [0, 0.1) is 5.21 Å². The number of rotatable bonds is 3. The van der Waals surface area contributed by atoms with E-state index in [1.165, 1.54) is 7.05 Å². The molecular weight excluding hydrogens is 120 g/mol. The summed E-state index contributed by atoms with van der Waals surface area (Å²) in [6.45, 7) is 3.50. The quantitative estimate of drug-likeness (QED) is 0.448. The summed E-state index contributed by atoms with van der Waals surface area (Å²) in [5, 5.41) is 10.6. The Balaban J connectivity index is 3.58. The highest BCUT2D eigenvalue weighted by atomic mass is 16.9. The first kappa shape index (κ1) is 8.84. The highest BCUT2D eigenvalue weighted by molar-refractivity contribution is 4.61. The van der Waals surface area contributed by atoms with E-state index in [4.69, 9.17) is 5.73 Å². The fourth-order valence-electron chi connectivity index (χ4n) is 0.358. The van der Waals surface area contributed by atoms with Crippen molar-refractivity contribution in [3.8, 4) is 0 Å². The summed E-state index contributed by atoms with van der Waals surface area (Å²) < 4.78 is 0. The first-order chi connectivity index (χ1) is 3.98. The largest absolute Gasteiger partial charge is 0.762 e. The van der Waals surface area contributed by atoms with E-state index in [0.29, 0.717) is 11.6 Å². The van der Waals surface area contributed by atoms with Crippen molar-refractivity contribution in [1.29, 1.82) is 0 Å². The molecule has 0 spiro atoms. The SMILES string of the molecule is CCC(C)(N)ON(C)[O-]. The van der Waals surface area contributed by atoms with E-state index < -0.39 is 5.72 Å². The third kappa shape index (κ3) is 4.35. The molecule has 0 fully saturated rings. The van der Waals surface area contributed by atoms with Crippen LogP contribution in [0.3, 0.4) is 0 Å². The molecule has 0 aliphatic rings. The summed E-state index contributed by atoms with van der Waals surface area (Å²) in [4.78, 5) is 4.64. The van der Waals surface area contributed by atoms with E-state index in [1.54, 1.807) is 6.92 Å². The lowest BCUT2D eigenvalue weighted by Gasteiger charge is -2.32. The number of nitrogens with zero attached hydrogens (tertiary/aromatic N) is 1. The van der Waals surface area contributed by atoms with Crippen LogP contribution >= 0.6 is 0 Å². The van der Waals surface area contributed by atoms with Crippen molar-refractivity contribution in [2.24, 2.45) is 5.73 Å². The lowest BCUT2D eigenvalue weighted by atomic mass is 10.2. The van der Waals surface area contributed by atoms with E-state index >= 15 is 0 Å². The van der Waals surface area contributed by atoms with E-state index in [2.05, 4.69) is 4.84 Å². The zero-order valence-electron chi connectivity index (χ0n) is 6.05. The van der Waals surface area contributed by atoms with Crippen LogP contribution in [0.2, 0.25) is 0 Å². The van der Waals surface area contributed by atoms with Crippen molar-refractivity contribution in [2.75, 3.05) is 7.05 Å². The normalized spacial score (nSPS) is 18.0. The molecule has 1 unspecified atom stereocenters. The van der Waals surface area contributed by atoms with Gasteiger partial charge in [-0.2, -0.15) is 0 Å². The van der Waals surface area contributed by atoms with Crippen molar-refractivity contribution in [1.82, 2.24) is 5.23 Å². The minimum atomic E-state index is -0.823. The van der Waals surface area contributed by atoms with Crippen molar-refractivity contribution in [3.63, 3.8) is 0 Å². The molecule has 4 nitrogen and oxygen atoms in total. The second kappa shape index (κ2) is 3.12. The Kier molecular flexibility index (Phi) is 3.07. The molecule has 0 saturated heterocycles. The average molecular weight is 133 g/mol. The molecule has 0 aromatic rings. The first-order valence-electron chi connectivity index (χ1n) is 2.87. The number of nitrogens with two attached hydrogens (primary N) is 1. The van der Waals surface area contributed by atoms with Gasteiger partial charge in [0.25, 0.3) is 0 Å². The van der Waals surface area contributed by atoms with Crippen LogP contribution in [-0.4, -0.2) is 18.0 Å². The number of hydrogen-bond acceptors (Lipinski definition) is 4. The highest BCUT2D eigenvalue weighted by Gasteiger charge is 2.15. The maximum Gasteiger partial charge on any atom is 0.133 e. The maximum absolute atomic E-state index is 10.2. The minimum Gasteiger partial charge on any atom is -0.762 e. The lowest BCUT2D eigenvalue weighted by molar-refractivity contribution is -0.198. The van der Waals surface area contributed by atoms with Gasteiger partial charge in [-0.3, -0.25) is 10.1 Å². The molecule has 2 N–H and O–H groups in total. The van der Waals surface area contributed by atoms with Crippen LogP contribution in [0.5, 0.6) is 0 Å². The smallest absolute Gasteiger partial charge is 0.133 e. The van der Waals surface area contributed by atoms with Gasteiger partial charge < -0.3 is 10.9 Å². The van der Waals surface area contributed by atoms with E-state index in [9.17, 15) is 5.21 Å². The van der Waals surface area contributed by atoms with Crippen molar-refractivity contribution < 1.29 is 4.84 Å². The zero-order chi connectivity index (χ0) is 7.49. The van der Waals surface area contributed by atoms with Crippen LogP contribution in [0.15, 0.2) is 0 Å². The molecular formula is C5H13N2O2-. The van der Waals surface area contributed by atoms with Gasteiger partial charge in [0.2, 0.25) is 0 Å². The Hall–Kier alpha value is -0.160. The molecule has 1 atom stereocenters. The van der Waals surface area contributed by atoms with Gasteiger partial charge in [-0.15, -0.1) is 0 Å². The van der Waals surface area contributed by atoms with Crippen molar-refractivity contribution in [2.45, 2.75) is 26.0 Å². The van der Waals surface area contributed by atoms with Crippen LogP contribution in [0.25, 0.3) is 0 Å². The molecule has 0 aromatic heterocycles. The van der Waals surface area contributed by atoms with Crippen LogP contribution in [-0.2, 0) is 4.84 Å². The molecule has 0 aromatic carbocycles. The summed E-state index contributed by atoms with van der Waals surface area (Å²) in [7, 11) is 1.26. The Morgan fingerprint density at radius 2 is 2.22 bits per heavy atom. The third-order valence-corrected chi connectivity index (χ3v) is 1.04. The van der Waals surface area contributed by atoms with Gasteiger partial charge in [0.05, 0.1) is 0 Å². The Morgan fingerprint density at radius 1 is 1.78 bits per heavy atom. The van der Waals surface area contributed by atoms with Gasteiger partial charge in [0, 0.05) is 0 Å². The van der Waals surface area contributed by atoms with Crippen LogP contribution in [0.1, 0.15) is 20.3 Å². The fourth-order valence-corrected chi connectivity index (χ4v) is 0.358. The van der Waals surface area contributed by atoms with Crippen molar-refractivity contribution >= 4 is 0 Å². The third-order valence-electron chi connectivity index (χ3n) is 1.04. The van der Waals surface area contributed by atoms with Crippen molar-refractivity contribution in [3.05, 3.63) is 5.21 Å². The number of hydrogen-bond donors (Lipinski definition) is 1. The Morgan fingerprint density at radius 3 is 2.33 bits per heavy atom. The average Bonchev–Trinajstić information content (AvgIpc) is 1.63.